The van der Waals surface area contributed by atoms with Crippen LogP contribution < -0.4 is 10.0 Å². The van der Waals surface area contributed by atoms with Crippen molar-refractivity contribution in [3.63, 3.8) is 0 Å². The molecular weight excluding hydrogens is 404 g/mol. The number of anilines is 1. The molecule has 0 aliphatic carbocycles. The summed E-state index contributed by atoms with van der Waals surface area (Å²) in [4.78, 5) is 23.7. The summed E-state index contributed by atoms with van der Waals surface area (Å²) in [5.74, 6) is -0.404. The lowest BCUT2D eigenvalue weighted by Gasteiger charge is -2.08. The van der Waals surface area contributed by atoms with Gasteiger partial charge in [0, 0.05) is 30.4 Å². The zero-order valence-electron chi connectivity index (χ0n) is 16.6. The molecule has 0 aliphatic rings. The topological polar surface area (TPSA) is 110 Å². The number of carbonyl (C=O) groups is 2. The minimum absolute atomic E-state index is 0.0714. The summed E-state index contributed by atoms with van der Waals surface area (Å²) in [6, 6.07) is 12.4. The van der Waals surface area contributed by atoms with Crippen molar-refractivity contribution in [1.82, 2.24) is 14.5 Å². The maximum Gasteiger partial charge on any atom is 0.255 e. The molecule has 156 valence electrons. The van der Waals surface area contributed by atoms with E-state index in [0.29, 0.717) is 28.9 Å². The van der Waals surface area contributed by atoms with Crippen molar-refractivity contribution < 1.29 is 18.0 Å². The third-order valence-corrected chi connectivity index (χ3v) is 5.89. The first-order chi connectivity index (χ1) is 14.3. The van der Waals surface area contributed by atoms with E-state index in [0.717, 1.165) is 0 Å². The number of Topliss-reactive ketones (excluding diaryl/α,β-unsaturated/α-hetero) is 1. The molecule has 0 atom stereocenters. The molecule has 2 N–H and O–H groups in total. The van der Waals surface area contributed by atoms with Gasteiger partial charge in [-0.15, -0.1) is 0 Å². The molecule has 0 bridgehead atoms. The van der Waals surface area contributed by atoms with E-state index >= 15 is 0 Å². The lowest BCUT2D eigenvalue weighted by atomic mass is 10.1. The third kappa shape index (κ3) is 5.19. The molecule has 0 spiro atoms. The monoisotopic (exact) mass is 426 g/mol. The molecule has 0 unspecified atom stereocenters. The lowest BCUT2D eigenvalue weighted by Crippen LogP contribution is -2.23. The van der Waals surface area contributed by atoms with Crippen molar-refractivity contribution in [2.24, 2.45) is 0 Å². The Kier molecular flexibility index (Phi) is 6.43. The number of amides is 1. The smallest absolute Gasteiger partial charge is 0.255 e. The Bertz CT molecular complexity index is 1150. The van der Waals surface area contributed by atoms with Gasteiger partial charge in [-0.05, 0) is 43.7 Å². The van der Waals surface area contributed by atoms with Crippen molar-refractivity contribution in [2.45, 2.75) is 31.8 Å². The lowest BCUT2D eigenvalue weighted by molar-refractivity contribution is 0.101. The van der Waals surface area contributed by atoms with Gasteiger partial charge < -0.3 is 5.32 Å². The summed E-state index contributed by atoms with van der Waals surface area (Å²) < 4.78 is 29.1. The fraction of sp³-hybridized carbons (Fsp3) is 0.190. The van der Waals surface area contributed by atoms with Crippen LogP contribution >= 0.6 is 0 Å². The Morgan fingerprint density at radius 2 is 1.63 bits per heavy atom. The van der Waals surface area contributed by atoms with Gasteiger partial charge in [-0.1, -0.05) is 24.3 Å². The van der Waals surface area contributed by atoms with Gasteiger partial charge in [0.15, 0.2) is 5.78 Å². The summed E-state index contributed by atoms with van der Waals surface area (Å²) in [5.41, 5.74) is 2.21. The first kappa shape index (κ1) is 21.4. The van der Waals surface area contributed by atoms with Gasteiger partial charge in [0.05, 0.1) is 16.8 Å². The Labute approximate surface area is 175 Å². The highest BCUT2D eigenvalue weighted by Crippen LogP contribution is 2.13. The van der Waals surface area contributed by atoms with Crippen LogP contribution in [0, 0.1) is 0 Å². The fourth-order valence-corrected chi connectivity index (χ4v) is 3.73. The van der Waals surface area contributed by atoms with E-state index in [1.54, 1.807) is 41.3 Å². The minimum Gasteiger partial charge on any atom is -0.319 e. The van der Waals surface area contributed by atoms with E-state index in [2.05, 4.69) is 15.1 Å². The molecule has 8 nitrogen and oxygen atoms in total. The van der Waals surface area contributed by atoms with Crippen LogP contribution in [0.3, 0.4) is 0 Å². The number of ketones is 1. The van der Waals surface area contributed by atoms with Crippen LogP contribution in [0.5, 0.6) is 0 Å². The molecule has 9 heteroatoms. The number of rotatable bonds is 8. The Balaban J connectivity index is 1.60. The van der Waals surface area contributed by atoms with Gasteiger partial charge in [0.1, 0.15) is 0 Å². The fourth-order valence-electron chi connectivity index (χ4n) is 2.71. The number of nitrogens with one attached hydrogen (secondary N) is 2. The molecule has 30 heavy (non-hydrogen) atoms. The van der Waals surface area contributed by atoms with Crippen LogP contribution in [0.2, 0.25) is 0 Å². The molecule has 0 aliphatic heterocycles. The third-order valence-electron chi connectivity index (χ3n) is 4.47. The minimum atomic E-state index is -3.72. The van der Waals surface area contributed by atoms with Gasteiger partial charge in [-0.2, -0.15) is 5.10 Å². The molecule has 0 radical (unpaired) electrons. The molecular formula is C21H22N4O4S. The van der Waals surface area contributed by atoms with Crippen LogP contribution in [-0.2, 0) is 23.1 Å². The van der Waals surface area contributed by atoms with Crippen LogP contribution in [0.1, 0.15) is 40.1 Å². The number of nitrogens with zero attached hydrogens (tertiary/aromatic N) is 2. The summed E-state index contributed by atoms with van der Waals surface area (Å²) in [7, 11) is -3.72. The van der Waals surface area contributed by atoms with Crippen molar-refractivity contribution in [3.8, 4) is 0 Å². The second-order valence-corrected chi connectivity index (χ2v) is 8.41. The van der Waals surface area contributed by atoms with E-state index in [-0.39, 0.29) is 23.1 Å². The van der Waals surface area contributed by atoms with E-state index in [4.69, 9.17) is 0 Å². The standard InChI is InChI=1S/C21H22N4O4S/c1-3-25-14-19(13-22-25)24-21(27)18-6-4-16(5-7-18)12-23-30(28,29)20-10-8-17(9-11-20)15(2)26/h4-11,13-14,23H,3,12H2,1-2H3,(H,24,27). The number of carbonyl (C=O) groups excluding carboxylic acids is 2. The second-order valence-electron chi connectivity index (χ2n) is 6.64. The quantitative estimate of drug-likeness (QED) is 0.538. The molecule has 0 fully saturated rings. The van der Waals surface area contributed by atoms with Crippen LogP contribution in [0.15, 0.2) is 65.8 Å². The normalized spacial score (nSPS) is 11.3. The number of aromatic nitrogens is 2. The molecule has 2 aromatic carbocycles. The van der Waals surface area contributed by atoms with Crippen LogP contribution in [0.25, 0.3) is 0 Å². The number of hydrogen-bond donors (Lipinski definition) is 2. The highest BCUT2D eigenvalue weighted by atomic mass is 32.2. The number of aryl methyl sites for hydroxylation is 1. The van der Waals surface area contributed by atoms with Crippen LogP contribution in [-0.4, -0.2) is 29.9 Å². The first-order valence-electron chi connectivity index (χ1n) is 9.32. The number of sulfonamides is 1. The largest absolute Gasteiger partial charge is 0.319 e. The first-order valence-corrected chi connectivity index (χ1v) is 10.8. The van der Waals surface area contributed by atoms with Crippen molar-refractivity contribution in [2.75, 3.05) is 5.32 Å². The zero-order chi connectivity index (χ0) is 21.7. The van der Waals surface area contributed by atoms with Crippen molar-refractivity contribution in [1.29, 1.82) is 0 Å². The number of benzene rings is 2. The molecule has 0 saturated carbocycles. The predicted octanol–water partition coefficient (Wildman–Crippen LogP) is 2.84. The van der Waals surface area contributed by atoms with Gasteiger partial charge in [0.2, 0.25) is 10.0 Å². The van der Waals surface area contributed by atoms with Crippen LogP contribution in [0.4, 0.5) is 5.69 Å². The van der Waals surface area contributed by atoms with E-state index in [1.807, 2.05) is 6.92 Å². The summed E-state index contributed by atoms with van der Waals surface area (Å²) in [6.07, 6.45) is 3.32. The highest BCUT2D eigenvalue weighted by molar-refractivity contribution is 7.89. The summed E-state index contributed by atoms with van der Waals surface area (Å²) in [5, 5.41) is 6.87. The average molecular weight is 426 g/mol. The van der Waals surface area contributed by atoms with Crippen molar-refractivity contribution >= 4 is 27.4 Å². The van der Waals surface area contributed by atoms with E-state index in [9.17, 15) is 18.0 Å². The van der Waals surface area contributed by atoms with E-state index in [1.165, 1.54) is 31.2 Å². The SMILES string of the molecule is CCn1cc(NC(=O)c2ccc(CNS(=O)(=O)c3ccc(C(C)=O)cc3)cc2)cn1. The van der Waals surface area contributed by atoms with E-state index < -0.39 is 10.0 Å². The zero-order valence-corrected chi connectivity index (χ0v) is 17.4. The maximum atomic E-state index is 12.4. The molecule has 1 amide bonds. The van der Waals surface area contributed by atoms with Gasteiger partial charge in [-0.3, -0.25) is 14.3 Å². The Hall–Kier alpha value is -3.30. The Morgan fingerprint density at radius 1 is 1.00 bits per heavy atom. The summed E-state index contributed by atoms with van der Waals surface area (Å²) >= 11 is 0. The molecule has 0 saturated heterocycles. The molecule has 3 rings (SSSR count). The van der Waals surface area contributed by atoms with Gasteiger partial charge in [0.25, 0.3) is 5.91 Å². The molecule has 1 aromatic heterocycles. The van der Waals surface area contributed by atoms with Gasteiger partial charge >= 0.3 is 0 Å². The van der Waals surface area contributed by atoms with Gasteiger partial charge in [-0.25, -0.2) is 13.1 Å². The molecule has 3 aromatic rings. The predicted molar refractivity (Wildman–Crippen MR) is 113 cm³/mol. The summed E-state index contributed by atoms with van der Waals surface area (Å²) in [6.45, 7) is 4.15. The van der Waals surface area contributed by atoms with Crippen molar-refractivity contribution in [3.05, 3.63) is 77.6 Å². The second kappa shape index (κ2) is 9.02. The number of hydrogen-bond acceptors (Lipinski definition) is 5. The molecule has 1 heterocycles. The maximum absolute atomic E-state index is 12.4. The Morgan fingerprint density at radius 3 is 2.20 bits per heavy atom. The highest BCUT2D eigenvalue weighted by Gasteiger charge is 2.14. The average Bonchev–Trinajstić information content (AvgIpc) is 3.20.